The van der Waals surface area contributed by atoms with Gasteiger partial charge in [-0.2, -0.15) is 0 Å². The summed E-state index contributed by atoms with van der Waals surface area (Å²) in [5, 5.41) is 64.9. The molecule has 8 unspecified atom stereocenters. The van der Waals surface area contributed by atoms with Gasteiger partial charge < -0.3 is 45.4 Å². The predicted molar refractivity (Wildman–Crippen MR) is 278 cm³/mol. The number of hydrogen-bond acceptors (Lipinski definition) is 9. The van der Waals surface area contributed by atoms with Crippen LogP contribution in [0.4, 0.5) is 0 Å². The number of allylic oxidation sites excluding steroid dienone is 3. The highest BCUT2D eigenvalue weighted by molar-refractivity contribution is 5.80. The Morgan fingerprint density at radius 2 is 0.866 bits per heavy atom. The number of amides is 1. The molecule has 0 aromatic rings. The van der Waals surface area contributed by atoms with Crippen molar-refractivity contribution in [3.63, 3.8) is 0 Å². The first-order valence-corrected chi connectivity index (χ1v) is 28.7. The lowest BCUT2D eigenvalue weighted by Gasteiger charge is -2.40. The van der Waals surface area contributed by atoms with Crippen molar-refractivity contribution in [1.82, 2.24) is 5.32 Å². The summed E-state index contributed by atoms with van der Waals surface area (Å²) in [5.74, 6) is -0.614. The van der Waals surface area contributed by atoms with Crippen LogP contribution in [0.1, 0.15) is 271 Å². The second-order valence-corrected chi connectivity index (χ2v) is 20.2. The second kappa shape index (κ2) is 47.0. The van der Waals surface area contributed by atoms with Gasteiger partial charge in [-0.15, -0.1) is 0 Å². The average molecular weight is 952 g/mol. The lowest BCUT2D eigenvalue weighted by molar-refractivity contribution is -0.302. The molecule has 1 aliphatic heterocycles. The van der Waals surface area contributed by atoms with Crippen molar-refractivity contribution in [2.45, 2.75) is 320 Å². The van der Waals surface area contributed by atoms with E-state index in [1.165, 1.54) is 205 Å². The molecule has 1 rings (SSSR count). The molecule has 1 saturated heterocycles. The van der Waals surface area contributed by atoms with Gasteiger partial charge in [0.2, 0.25) is 5.91 Å². The quantitative estimate of drug-likeness (QED) is 0.0232. The fourth-order valence-electron chi connectivity index (χ4n) is 9.22. The van der Waals surface area contributed by atoms with E-state index in [2.05, 4.69) is 31.3 Å². The average Bonchev–Trinajstić information content (AvgIpc) is 3.33. The van der Waals surface area contributed by atoms with Crippen LogP contribution in [0.25, 0.3) is 0 Å². The third kappa shape index (κ3) is 36.2. The highest BCUT2D eigenvalue weighted by Crippen LogP contribution is 2.23. The maximum Gasteiger partial charge on any atom is 0.249 e. The molecule has 67 heavy (non-hydrogen) atoms. The molecule has 396 valence electrons. The van der Waals surface area contributed by atoms with E-state index in [1.54, 1.807) is 6.08 Å². The van der Waals surface area contributed by atoms with Gasteiger partial charge >= 0.3 is 0 Å². The molecule has 0 radical (unpaired) electrons. The van der Waals surface area contributed by atoms with Crippen molar-refractivity contribution in [3.05, 3.63) is 24.3 Å². The molecule has 0 spiro atoms. The topological polar surface area (TPSA) is 169 Å². The largest absolute Gasteiger partial charge is 0.394 e. The molecule has 10 nitrogen and oxygen atoms in total. The van der Waals surface area contributed by atoms with Gasteiger partial charge in [-0.05, 0) is 44.9 Å². The summed E-state index contributed by atoms with van der Waals surface area (Å²) in [7, 11) is 0. The molecular formula is C57H109NO9. The fraction of sp³-hybridized carbons (Fsp3) is 0.912. The van der Waals surface area contributed by atoms with Crippen LogP contribution < -0.4 is 5.32 Å². The van der Waals surface area contributed by atoms with Gasteiger partial charge in [-0.1, -0.05) is 250 Å². The first-order valence-electron chi connectivity index (χ1n) is 28.7. The van der Waals surface area contributed by atoms with Crippen molar-refractivity contribution in [1.29, 1.82) is 0 Å². The van der Waals surface area contributed by atoms with Gasteiger partial charge in [-0.3, -0.25) is 4.79 Å². The van der Waals surface area contributed by atoms with Crippen LogP contribution in [0, 0.1) is 0 Å². The number of hydrogen-bond donors (Lipinski definition) is 7. The molecule has 8 atom stereocenters. The number of aliphatic hydroxyl groups excluding tert-OH is 6. The maximum absolute atomic E-state index is 13.1. The summed E-state index contributed by atoms with van der Waals surface area (Å²) >= 11 is 0. The molecule has 10 heteroatoms. The van der Waals surface area contributed by atoms with Crippen LogP contribution in [-0.2, 0) is 14.3 Å². The Morgan fingerprint density at radius 3 is 1.25 bits per heavy atom. The summed E-state index contributed by atoms with van der Waals surface area (Å²) in [6.45, 7) is 3.62. The van der Waals surface area contributed by atoms with Crippen molar-refractivity contribution < 1.29 is 44.9 Å². The van der Waals surface area contributed by atoms with Gasteiger partial charge in [0.1, 0.15) is 30.5 Å². The zero-order chi connectivity index (χ0) is 48.8. The van der Waals surface area contributed by atoms with Crippen molar-refractivity contribution >= 4 is 5.91 Å². The third-order valence-electron chi connectivity index (χ3n) is 13.9. The number of carbonyl (C=O) groups excluding carboxylic acids is 1. The summed E-state index contributed by atoms with van der Waals surface area (Å²) in [6, 6.07) is -0.977. The SMILES string of the molecule is CCCCCCCCCCCC/C=C/C(O)C(COC1OC(CO)C(O)C(O)C1O)NC(=O)C(O)CCCCCCCCCCCCCCCC/C=C\CCCCCCCCCCCCCC. The first-order chi connectivity index (χ1) is 32.8. The maximum atomic E-state index is 13.1. The normalized spacial score (nSPS) is 20.3. The molecule has 0 saturated carbocycles. The van der Waals surface area contributed by atoms with E-state index in [4.69, 9.17) is 9.47 Å². The van der Waals surface area contributed by atoms with Crippen LogP contribution >= 0.6 is 0 Å². The van der Waals surface area contributed by atoms with E-state index in [0.717, 1.165) is 44.9 Å². The van der Waals surface area contributed by atoms with E-state index in [1.807, 2.05) is 6.08 Å². The predicted octanol–water partition coefficient (Wildman–Crippen LogP) is 12.8. The van der Waals surface area contributed by atoms with E-state index >= 15 is 0 Å². The van der Waals surface area contributed by atoms with Gasteiger partial charge in [0.25, 0.3) is 0 Å². The Bertz CT molecular complexity index is 1120. The van der Waals surface area contributed by atoms with Crippen LogP contribution in [0.15, 0.2) is 24.3 Å². The van der Waals surface area contributed by atoms with Gasteiger partial charge in [0.15, 0.2) is 6.29 Å². The van der Waals surface area contributed by atoms with Crippen LogP contribution in [0.3, 0.4) is 0 Å². The lowest BCUT2D eigenvalue weighted by atomic mass is 9.99. The lowest BCUT2D eigenvalue weighted by Crippen LogP contribution is -2.60. The fourth-order valence-corrected chi connectivity index (χ4v) is 9.22. The first kappa shape index (κ1) is 63.6. The van der Waals surface area contributed by atoms with Crippen molar-refractivity contribution in [2.75, 3.05) is 13.2 Å². The standard InChI is InChI=1S/C57H109NO9/c1-3-5-7-9-11-13-15-17-18-19-20-21-22-23-24-25-26-27-28-29-30-31-32-33-34-36-38-40-42-44-46-51(61)56(65)58-49(48-66-57-55(64)54(63)53(62)52(47-59)67-57)50(60)45-43-41-39-37-35-16-14-12-10-8-6-4-2/h23-24,43,45,49-55,57,59-64H,3-22,25-42,44,46-48H2,1-2H3,(H,58,65)/b24-23-,45-43+. The number of rotatable bonds is 49. The molecule has 1 heterocycles. The highest BCUT2D eigenvalue weighted by Gasteiger charge is 2.44. The van der Waals surface area contributed by atoms with Gasteiger partial charge in [-0.25, -0.2) is 0 Å². The number of carbonyl (C=O) groups is 1. The Morgan fingerprint density at radius 1 is 0.507 bits per heavy atom. The summed E-state index contributed by atoms with van der Waals surface area (Å²) in [6.07, 6.45) is 48.7. The van der Waals surface area contributed by atoms with Crippen LogP contribution in [0.2, 0.25) is 0 Å². The molecule has 0 bridgehead atoms. The number of nitrogens with one attached hydrogen (secondary N) is 1. The molecule has 0 aliphatic carbocycles. The number of unbranched alkanes of at least 4 members (excludes halogenated alkanes) is 36. The minimum atomic E-state index is -1.61. The van der Waals surface area contributed by atoms with E-state index < -0.39 is 61.5 Å². The summed E-state index contributed by atoms with van der Waals surface area (Å²) in [4.78, 5) is 13.1. The minimum Gasteiger partial charge on any atom is -0.394 e. The summed E-state index contributed by atoms with van der Waals surface area (Å²) in [5.41, 5.74) is 0. The van der Waals surface area contributed by atoms with Crippen molar-refractivity contribution in [3.8, 4) is 0 Å². The van der Waals surface area contributed by atoms with Crippen molar-refractivity contribution in [2.24, 2.45) is 0 Å². The molecular weight excluding hydrogens is 843 g/mol. The summed E-state index contributed by atoms with van der Waals surface area (Å²) < 4.78 is 11.2. The molecule has 1 fully saturated rings. The molecule has 0 aromatic carbocycles. The zero-order valence-electron chi connectivity index (χ0n) is 43.5. The minimum absolute atomic E-state index is 0.303. The van der Waals surface area contributed by atoms with Crippen LogP contribution in [0.5, 0.6) is 0 Å². The monoisotopic (exact) mass is 952 g/mol. The smallest absolute Gasteiger partial charge is 0.249 e. The Kier molecular flexibility index (Phi) is 44.6. The Labute approximate surface area is 411 Å². The second-order valence-electron chi connectivity index (χ2n) is 20.2. The molecule has 0 aromatic heterocycles. The molecule has 1 amide bonds. The Balaban J connectivity index is 2.17. The number of ether oxygens (including phenoxy) is 2. The van der Waals surface area contributed by atoms with Gasteiger partial charge in [0.05, 0.1) is 25.4 Å². The van der Waals surface area contributed by atoms with Crippen LogP contribution in [-0.4, -0.2) is 98.7 Å². The van der Waals surface area contributed by atoms with E-state index in [-0.39, 0.29) is 6.61 Å². The Hall–Kier alpha value is -1.37. The molecule has 1 aliphatic rings. The number of aliphatic hydroxyl groups is 6. The highest BCUT2D eigenvalue weighted by atomic mass is 16.7. The molecule has 7 N–H and O–H groups in total. The van der Waals surface area contributed by atoms with E-state index in [9.17, 15) is 35.4 Å². The van der Waals surface area contributed by atoms with E-state index in [0.29, 0.717) is 6.42 Å². The zero-order valence-corrected chi connectivity index (χ0v) is 43.5. The third-order valence-corrected chi connectivity index (χ3v) is 13.9. The van der Waals surface area contributed by atoms with Gasteiger partial charge in [0, 0.05) is 0 Å².